The number of hydrogen-bond donors (Lipinski definition) is 1. The van der Waals surface area contributed by atoms with Crippen molar-refractivity contribution in [3.05, 3.63) is 29.8 Å². The van der Waals surface area contributed by atoms with Crippen LogP contribution in [0.15, 0.2) is 24.3 Å². The van der Waals surface area contributed by atoms with Crippen LogP contribution in [-0.4, -0.2) is 43.6 Å². The molecule has 4 nitrogen and oxygen atoms in total. The Bertz CT molecular complexity index is 524. The highest BCUT2D eigenvalue weighted by Crippen LogP contribution is 2.28. The largest absolute Gasteiger partial charge is 0.493 e. The summed E-state index contributed by atoms with van der Waals surface area (Å²) in [7, 11) is 0. The van der Waals surface area contributed by atoms with E-state index in [0.717, 1.165) is 44.8 Å². The van der Waals surface area contributed by atoms with Crippen molar-refractivity contribution in [1.82, 2.24) is 10.2 Å². The highest BCUT2D eigenvalue weighted by molar-refractivity contribution is 5.72. The van der Waals surface area contributed by atoms with Crippen molar-refractivity contribution in [1.29, 1.82) is 0 Å². The van der Waals surface area contributed by atoms with Crippen LogP contribution in [-0.2, 0) is 11.2 Å². The van der Waals surface area contributed by atoms with Crippen molar-refractivity contribution in [2.75, 3.05) is 32.8 Å². The van der Waals surface area contributed by atoms with E-state index in [0.29, 0.717) is 11.8 Å². The van der Waals surface area contributed by atoms with Crippen molar-refractivity contribution in [2.45, 2.75) is 32.6 Å². The summed E-state index contributed by atoms with van der Waals surface area (Å²) < 4.78 is 5.88. The van der Waals surface area contributed by atoms with E-state index in [4.69, 9.17) is 4.74 Å². The SMILES string of the molecule is CC(=O)NCC1CCN(CC2CCOc3ccccc3C2)CC1. The summed E-state index contributed by atoms with van der Waals surface area (Å²) in [6.45, 7) is 6.76. The van der Waals surface area contributed by atoms with E-state index in [2.05, 4.69) is 34.5 Å². The Balaban J connectivity index is 1.46. The fourth-order valence-corrected chi connectivity index (χ4v) is 3.74. The number of hydrogen-bond acceptors (Lipinski definition) is 3. The molecule has 4 heteroatoms. The molecular formula is C19H28N2O2. The number of nitrogens with zero attached hydrogens (tertiary/aromatic N) is 1. The van der Waals surface area contributed by atoms with Crippen molar-refractivity contribution in [2.24, 2.45) is 11.8 Å². The fraction of sp³-hybridized carbons (Fsp3) is 0.632. The first-order valence-electron chi connectivity index (χ1n) is 8.88. The fourth-order valence-electron chi connectivity index (χ4n) is 3.74. The number of benzene rings is 1. The van der Waals surface area contributed by atoms with Crippen LogP contribution in [0.1, 0.15) is 31.7 Å². The first-order valence-corrected chi connectivity index (χ1v) is 8.88. The lowest BCUT2D eigenvalue weighted by Gasteiger charge is -2.34. The van der Waals surface area contributed by atoms with Gasteiger partial charge in [0.1, 0.15) is 5.75 Å². The summed E-state index contributed by atoms with van der Waals surface area (Å²) in [4.78, 5) is 13.6. The number of nitrogens with one attached hydrogen (secondary N) is 1. The Labute approximate surface area is 139 Å². The first-order chi connectivity index (χ1) is 11.2. The number of fused-ring (bicyclic) bond motifs is 1. The van der Waals surface area contributed by atoms with E-state index in [1.807, 2.05) is 0 Å². The second-order valence-electron chi connectivity index (χ2n) is 7.00. The van der Waals surface area contributed by atoms with Crippen LogP contribution in [0.2, 0.25) is 0 Å². The van der Waals surface area contributed by atoms with Gasteiger partial charge in [-0.25, -0.2) is 0 Å². The number of rotatable bonds is 4. The molecule has 1 aromatic rings. The van der Waals surface area contributed by atoms with E-state index in [-0.39, 0.29) is 5.91 Å². The van der Waals surface area contributed by atoms with Gasteiger partial charge in [0, 0.05) is 20.0 Å². The van der Waals surface area contributed by atoms with Gasteiger partial charge >= 0.3 is 0 Å². The third-order valence-corrected chi connectivity index (χ3v) is 5.13. The maximum atomic E-state index is 11.0. The Morgan fingerprint density at radius 3 is 2.78 bits per heavy atom. The molecule has 1 N–H and O–H groups in total. The molecule has 1 amide bonds. The van der Waals surface area contributed by atoms with Crippen molar-refractivity contribution in [3.8, 4) is 5.75 Å². The molecule has 0 aliphatic carbocycles. The van der Waals surface area contributed by atoms with E-state index < -0.39 is 0 Å². The van der Waals surface area contributed by atoms with Gasteiger partial charge < -0.3 is 15.0 Å². The third-order valence-electron chi connectivity index (χ3n) is 5.13. The molecule has 1 aromatic carbocycles. The van der Waals surface area contributed by atoms with Gasteiger partial charge in [0.2, 0.25) is 5.91 Å². The highest BCUT2D eigenvalue weighted by atomic mass is 16.5. The van der Waals surface area contributed by atoms with Gasteiger partial charge in [-0.05, 0) is 62.2 Å². The van der Waals surface area contributed by atoms with Gasteiger partial charge in [0.05, 0.1) is 6.61 Å². The molecular weight excluding hydrogens is 288 g/mol. The minimum atomic E-state index is 0.0875. The van der Waals surface area contributed by atoms with Gasteiger partial charge in [0.25, 0.3) is 0 Å². The number of ether oxygens (including phenoxy) is 1. The number of amides is 1. The molecule has 126 valence electrons. The predicted octanol–water partition coefficient (Wildman–Crippen LogP) is 2.48. The summed E-state index contributed by atoms with van der Waals surface area (Å²) in [6.07, 6.45) is 4.66. The van der Waals surface area contributed by atoms with Gasteiger partial charge in [-0.15, -0.1) is 0 Å². The molecule has 1 saturated heterocycles. The molecule has 0 radical (unpaired) electrons. The number of para-hydroxylation sites is 1. The zero-order valence-electron chi connectivity index (χ0n) is 14.1. The normalized spacial score (nSPS) is 22.7. The van der Waals surface area contributed by atoms with Crippen LogP contribution in [0.25, 0.3) is 0 Å². The molecule has 1 unspecified atom stereocenters. The topological polar surface area (TPSA) is 41.6 Å². The Kier molecular flexibility index (Phi) is 5.55. The van der Waals surface area contributed by atoms with Crippen LogP contribution in [0, 0.1) is 11.8 Å². The Morgan fingerprint density at radius 2 is 2.00 bits per heavy atom. The highest BCUT2D eigenvalue weighted by Gasteiger charge is 2.24. The zero-order valence-corrected chi connectivity index (χ0v) is 14.1. The van der Waals surface area contributed by atoms with Gasteiger partial charge in [-0.1, -0.05) is 18.2 Å². The predicted molar refractivity (Wildman–Crippen MR) is 91.6 cm³/mol. The van der Waals surface area contributed by atoms with Crippen LogP contribution in [0.5, 0.6) is 5.75 Å². The molecule has 0 aromatic heterocycles. The molecule has 3 rings (SSSR count). The van der Waals surface area contributed by atoms with Crippen LogP contribution < -0.4 is 10.1 Å². The molecule has 2 heterocycles. The summed E-state index contributed by atoms with van der Waals surface area (Å²) in [5.74, 6) is 2.49. The standard InChI is InChI=1S/C19H28N2O2/c1-15(22)20-13-16-6-9-21(10-7-16)14-17-8-11-23-19-5-3-2-4-18(19)12-17/h2-5,16-17H,6-14H2,1H3,(H,20,22). The first kappa shape index (κ1) is 16.3. The lowest BCUT2D eigenvalue weighted by molar-refractivity contribution is -0.119. The molecule has 1 fully saturated rings. The summed E-state index contributed by atoms with van der Waals surface area (Å²) in [5, 5.41) is 2.96. The number of carbonyl (C=O) groups is 1. The molecule has 1 atom stereocenters. The average molecular weight is 316 g/mol. The second kappa shape index (κ2) is 7.82. The van der Waals surface area contributed by atoms with Crippen molar-refractivity contribution in [3.63, 3.8) is 0 Å². The molecule has 0 saturated carbocycles. The molecule has 2 aliphatic rings. The maximum absolute atomic E-state index is 11.0. The third kappa shape index (κ3) is 4.71. The quantitative estimate of drug-likeness (QED) is 0.928. The summed E-state index contributed by atoms with van der Waals surface area (Å²) in [6, 6.07) is 8.45. The molecule has 0 bridgehead atoms. The minimum Gasteiger partial charge on any atom is -0.493 e. The zero-order chi connectivity index (χ0) is 16.1. The van der Waals surface area contributed by atoms with E-state index >= 15 is 0 Å². The number of piperidine rings is 1. The van der Waals surface area contributed by atoms with Gasteiger partial charge in [-0.2, -0.15) is 0 Å². The summed E-state index contributed by atoms with van der Waals surface area (Å²) in [5.41, 5.74) is 1.36. The van der Waals surface area contributed by atoms with Gasteiger partial charge in [-0.3, -0.25) is 4.79 Å². The van der Waals surface area contributed by atoms with E-state index in [1.165, 1.54) is 24.9 Å². The Morgan fingerprint density at radius 1 is 1.22 bits per heavy atom. The number of likely N-dealkylation sites (tertiary alicyclic amines) is 1. The van der Waals surface area contributed by atoms with Crippen molar-refractivity contribution >= 4 is 5.91 Å². The van der Waals surface area contributed by atoms with Crippen molar-refractivity contribution < 1.29 is 9.53 Å². The average Bonchev–Trinajstić information content (AvgIpc) is 2.76. The monoisotopic (exact) mass is 316 g/mol. The van der Waals surface area contributed by atoms with Crippen LogP contribution in [0.3, 0.4) is 0 Å². The Hall–Kier alpha value is -1.55. The van der Waals surface area contributed by atoms with E-state index in [9.17, 15) is 4.79 Å². The lowest BCUT2D eigenvalue weighted by atomic mass is 9.93. The number of carbonyl (C=O) groups excluding carboxylic acids is 1. The van der Waals surface area contributed by atoms with Crippen LogP contribution >= 0.6 is 0 Å². The van der Waals surface area contributed by atoms with Gasteiger partial charge in [0.15, 0.2) is 0 Å². The second-order valence-corrected chi connectivity index (χ2v) is 7.00. The van der Waals surface area contributed by atoms with Crippen LogP contribution in [0.4, 0.5) is 0 Å². The maximum Gasteiger partial charge on any atom is 0.216 e. The molecule has 2 aliphatic heterocycles. The molecule has 0 spiro atoms. The molecule has 23 heavy (non-hydrogen) atoms. The smallest absolute Gasteiger partial charge is 0.216 e. The lowest BCUT2D eigenvalue weighted by Crippen LogP contribution is -2.40. The van der Waals surface area contributed by atoms with E-state index in [1.54, 1.807) is 6.92 Å². The minimum absolute atomic E-state index is 0.0875. The summed E-state index contributed by atoms with van der Waals surface area (Å²) >= 11 is 0.